The molecule has 1 heteroatoms. The zero-order valence-electron chi connectivity index (χ0n) is 29.8. The first-order valence-corrected chi connectivity index (χ1v) is 18.7. The maximum Gasteiger partial charge on any atom is 0.0714 e. The monoisotopic (exact) mass is 687 g/mol. The van der Waals surface area contributed by atoms with Crippen molar-refractivity contribution in [1.82, 2.24) is 0 Å². The minimum Gasteiger partial charge on any atom is -0.310 e. The molecule has 0 saturated carbocycles. The van der Waals surface area contributed by atoms with E-state index in [4.69, 9.17) is 0 Å². The molecular weight excluding hydrogens is 651 g/mol. The molecule has 9 aromatic rings. The fraction of sp³-hybridized carbons (Fsp3) is 0.0189. The predicted molar refractivity (Wildman–Crippen MR) is 227 cm³/mol. The SMILES string of the molecule is c1ccc(-c2cccc(-c3cccc(N(c4ccc5ccccc5c4)c4cccc5c4-c4ccccc4C5(c4ccccc4)c4ccccc4)c3)c2)cc1. The van der Waals surface area contributed by atoms with Gasteiger partial charge < -0.3 is 4.90 Å². The van der Waals surface area contributed by atoms with Gasteiger partial charge >= 0.3 is 0 Å². The van der Waals surface area contributed by atoms with Crippen molar-refractivity contribution < 1.29 is 0 Å². The van der Waals surface area contributed by atoms with Crippen LogP contribution in [-0.4, -0.2) is 0 Å². The van der Waals surface area contributed by atoms with E-state index in [2.05, 4.69) is 229 Å². The minimum atomic E-state index is -0.487. The second kappa shape index (κ2) is 13.2. The average Bonchev–Trinajstić information content (AvgIpc) is 3.56. The number of benzene rings is 9. The fourth-order valence-electron chi connectivity index (χ4n) is 8.74. The predicted octanol–water partition coefficient (Wildman–Crippen LogP) is 14.0. The van der Waals surface area contributed by atoms with Gasteiger partial charge in [-0.3, -0.25) is 0 Å². The highest BCUT2D eigenvalue weighted by molar-refractivity contribution is 5.99. The molecule has 0 bridgehead atoms. The first-order valence-electron chi connectivity index (χ1n) is 18.7. The summed E-state index contributed by atoms with van der Waals surface area (Å²) in [6.45, 7) is 0. The van der Waals surface area contributed by atoms with E-state index in [1.807, 2.05) is 0 Å². The Hall–Kier alpha value is -6.96. The van der Waals surface area contributed by atoms with Crippen molar-refractivity contribution in [2.24, 2.45) is 0 Å². The Morgan fingerprint density at radius 3 is 1.57 bits per heavy atom. The number of rotatable bonds is 7. The molecule has 54 heavy (non-hydrogen) atoms. The Labute approximate surface area is 317 Å². The van der Waals surface area contributed by atoms with Gasteiger partial charge in [0.05, 0.1) is 11.1 Å². The molecule has 9 aromatic carbocycles. The Bertz CT molecular complexity index is 2730. The van der Waals surface area contributed by atoms with Crippen LogP contribution in [0.4, 0.5) is 17.1 Å². The van der Waals surface area contributed by atoms with Crippen LogP contribution in [0.15, 0.2) is 224 Å². The highest BCUT2D eigenvalue weighted by atomic mass is 15.1. The second-order valence-electron chi connectivity index (χ2n) is 14.1. The third-order valence-corrected chi connectivity index (χ3v) is 11.1. The van der Waals surface area contributed by atoms with Crippen molar-refractivity contribution in [2.75, 3.05) is 4.90 Å². The largest absolute Gasteiger partial charge is 0.310 e. The molecule has 0 fully saturated rings. The van der Waals surface area contributed by atoms with Crippen molar-refractivity contribution in [3.63, 3.8) is 0 Å². The lowest BCUT2D eigenvalue weighted by Gasteiger charge is -2.34. The van der Waals surface area contributed by atoms with E-state index >= 15 is 0 Å². The molecule has 0 atom stereocenters. The molecule has 0 heterocycles. The smallest absolute Gasteiger partial charge is 0.0714 e. The van der Waals surface area contributed by atoms with Gasteiger partial charge in [-0.25, -0.2) is 0 Å². The number of hydrogen-bond donors (Lipinski definition) is 0. The van der Waals surface area contributed by atoms with Crippen molar-refractivity contribution in [3.05, 3.63) is 247 Å². The Kier molecular flexibility index (Phi) is 7.78. The topological polar surface area (TPSA) is 3.24 Å². The molecule has 0 unspecified atom stereocenters. The van der Waals surface area contributed by atoms with Crippen molar-refractivity contribution >= 4 is 27.8 Å². The quantitative estimate of drug-likeness (QED) is 0.161. The van der Waals surface area contributed by atoms with Crippen molar-refractivity contribution in [2.45, 2.75) is 5.41 Å². The van der Waals surface area contributed by atoms with Crippen LogP contribution in [0.1, 0.15) is 22.3 Å². The summed E-state index contributed by atoms with van der Waals surface area (Å²) in [5, 5.41) is 2.44. The van der Waals surface area contributed by atoms with Gasteiger partial charge in [0.15, 0.2) is 0 Å². The summed E-state index contributed by atoms with van der Waals surface area (Å²) in [4.78, 5) is 2.47. The number of nitrogens with zero attached hydrogens (tertiary/aromatic N) is 1. The third kappa shape index (κ3) is 5.17. The van der Waals surface area contributed by atoms with Gasteiger partial charge in [0.1, 0.15) is 0 Å². The van der Waals surface area contributed by atoms with Crippen LogP contribution in [0.25, 0.3) is 44.2 Å². The lowest BCUT2D eigenvalue weighted by Crippen LogP contribution is -2.28. The molecule has 0 amide bonds. The molecular formula is C53H37N. The second-order valence-corrected chi connectivity index (χ2v) is 14.1. The normalized spacial score (nSPS) is 12.6. The molecule has 1 nitrogen and oxygen atoms in total. The lowest BCUT2D eigenvalue weighted by molar-refractivity contribution is 0.768. The summed E-state index contributed by atoms with van der Waals surface area (Å²) in [5.41, 5.74) is 15.3. The highest BCUT2D eigenvalue weighted by Crippen LogP contribution is 2.59. The van der Waals surface area contributed by atoms with Gasteiger partial charge in [-0.2, -0.15) is 0 Å². The van der Waals surface area contributed by atoms with Crippen LogP contribution >= 0.6 is 0 Å². The molecule has 0 radical (unpaired) electrons. The van der Waals surface area contributed by atoms with Gasteiger partial charge in [-0.1, -0.05) is 188 Å². The zero-order valence-corrected chi connectivity index (χ0v) is 29.8. The van der Waals surface area contributed by atoms with Crippen LogP contribution in [0, 0.1) is 0 Å². The van der Waals surface area contributed by atoms with Crippen LogP contribution in [-0.2, 0) is 5.41 Å². The molecule has 0 aliphatic heterocycles. The first-order chi connectivity index (χ1) is 26.8. The van der Waals surface area contributed by atoms with Gasteiger partial charge in [0.25, 0.3) is 0 Å². The van der Waals surface area contributed by atoms with E-state index in [0.29, 0.717) is 0 Å². The number of anilines is 3. The van der Waals surface area contributed by atoms with Crippen LogP contribution in [0.3, 0.4) is 0 Å². The van der Waals surface area contributed by atoms with E-state index in [9.17, 15) is 0 Å². The molecule has 0 aromatic heterocycles. The Morgan fingerprint density at radius 2 is 0.833 bits per heavy atom. The summed E-state index contributed by atoms with van der Waals surface area (Å²) in [6, 6.07) is 82.0. The van der Waals surface area contributed by atoms with Crippen molar-refractivity contribution in [3.8, 4) is 33.4 Å². The van der Waals surface area contributed by atoms with Crippen LogP contribution in [0.2, 0.25) is 0 Å². The number of fused-ring (bicyclic) bond motifs is 4. The van der Waals surface area contributed by atoms with Crippen LogP contribution in [0.5, 0.6) is 0 Å². The molecule has 0 N–H and O–H groups in total. The summed E-state index contributed by atoms with van der Waals surface area (Å²) in [5.74, 6) is 0. The molecule has 254 valence electrons. The Balaban J connectivity index is 1.23. The van der Waals surface area contributed by atoms with Gasteiger partial charge in [0.2, 0.25) is 0 Å². The number of hydrogen-bond acceptors (Lipinski definition) is 1. The molecule has 10 rings (SSSR count). The highest BCUT2D eigenvalue weighted by Gasteiger charge is 2.47. The molecule has 0 spiro atoms. The van der Waals surface area contributed by atoms with E-state index in [1.54, 1.807) is 0 Å². The summed E-state index contributed by atoms with van der Waals surface area (Å²) >= 11 is 0. The Morgan fingerprint density at radius 1 is 0.315 bits per heavy atom. The van der Waals surface area contributed by atoms with Crippen LogP contribution < -0.4 is 4.90 Å². The minimum absolute atomic E-state index is 0.487. The first kappa shape index (κ1) is 31.7. The summed E-state index contributed by atoms with van der Waals surface area (Å²) < 4.78 is 0. The third-order valence-electron chi connectivity index (χ3n) is 11.1. The maximum atomic E-state index is 2.47. The molecule has 1 aliphatic rings. The standard InChI is InChI=1S/C53H37N/c1-4-17-38(18-5-1)40-21-14-22-41(35-40)43-23-15-28-46(37-43)54(47-34-33-39-19-10-11-20-42(39)36-47)51-32-16-31-50-52(51)48-29-12-13-30-49(48)53(50,44-24-6-2-7-25-44)45-26-8-3-9-27-45/h1-37H. The lowest BCUT2D eigenvalue weighted by atomic mass is 9.68. The summed E-state index contributed by atoms with van der Waals surface area (Å²) in [6.07, 6.45) is 0. The zero-order chi connectivity index (χ0) is 35.9. The van der Waals surface area contributed by atoms with Crippen molar-refractivity contribution in [1.29, 1.82) is 0 Å². The fourth-order valence-corrected chi connectivity index (χ4v) is 8.74. The summed E-state index contributed by atoms with van der Waals surface area (Å²) in [7, 11) is 0. The van der Waals surface area contributed by atoms with Gasteiger partial charge in [-0.05, 0) is 97.2 Å². The van der Waals surface area contributed by atoms with Gasteiger partial charge in [0, 0.05) is 16.9 Å². The maximum absolute atomic E-state index is 2.47. The van der Waals surface area contributed by atoms with E-state index in [-0.39, 0.29) is 0 Å². The molecule has 0 saturated heterocycles. The van der Waals surface area contributed by atoms with Gasteiger partial charge in [-0.15, -0.1) is 0 Å². The van der Waals surface area contributed by atoms with E-state index in [0.717, 1.165) is 17.1 Å². The molecule has 1 aliphatic carbocycles. The van der Waals surface area contributed by atoms with E-state index in [1.165, 1.54) is 66.4 Å². The van der Waals surface area contributed by atoms with E-state index < -0.39 is 5.41 Å². The average molecular weight is 688 g/mol.